The van der Waals surface area contributed by atoms with Crippen LogP contribution in [0.1, 0.15) is 36.0 Å². The largest absolute Gasteiger partial charge is 0.362 e. The second kappa shape index (κ2) is 9.69. The number of hydrogen-bond acceptors (Lipinski definition) is 5. The maximum Gasteiger partial charge on any atom is 0.253 e. The SMILES string of the molecule is CN(C)c1nc(NCC2CCC(NC(=O)c3ccc(F)cc3Cl)CC2)nc2ccccc12. The number of halogens is 2. The minimum atomic E-state index is -0.451. The predicted molar refractivity (Wildman–Crippen MR) is 127 cm³/mol. The van der Waals surface area contributed by atoms with Crippen LogP contribution < -0.4 is 15.5 Å². The number of carbonyl (C=O) groups excluding carboxylic acids is 1. The fourth-order valence-corrected chi connectivity index (χ4v) is 4.42. The lowest BCUT2D eigenvalue weighted by Crippen LogP contribution is -2.38. The van der Waals surface area contributed by atoms with Gasteiger partial charge >= 0.3 is 0 Å². The van der Waals surface area contributed by atoms with Crippen LogP contribution in [0.2, 0.25) is 5.02 Å². The lowest BCUT2D eigenvalue weighted by molar-refractivity contribution is 0.0923. The Kier molecular flexibility index (Phi) is 6.74. The van der Waals surface area contributed by atoms with E-state index in [1.54, 1.807) is 0 Å². The van der Waals surface area contributed by atoms with E-state index in [-0.39, 0.29) is 17.0 Å². The second-order valence-electron chi connectivity index (χ2n) is 8.48. The molecule has 1 saturated carbocycles. The molecule has 1 aliphatic carbocycles. The molecule has 1 aliphatic rings. The standard InChI is InChI=1S/C24H27ClFN5O/c1-31(2)22-19-5-3-4-6-21(19)29-24(30-22)27-14-15-7-10-17(11-8-15)28-23(32)18-12-9-16(26)13-20(18)25/h3-6,9,12-13,15,17H,7-8,10-11,14H2,1-2H3,(H,28,32)(H,27,29,30). The van der Waals surface area contributed by atoms with E-state index in [1.807, 2.05) is 43.3 Å². The van der Waals surface area contributed by atoms with Gasteiger partial charge in [-0.15, -0.1) is 0 Å². The zero-order valence-corrected chi connectivity index (χ0v) is 19.0. The highest BCUT2D eigenvalue weighted by Gasteiger charge is 2.24. The number of benzene rings is 2. The molecule has 1 aromatic heterocycles. The number of carbonyl (C=O) groups is 1. The Morgan fingerprint density at radius 1 is 1.12 bits per heavy atom. The first-order valence-corrected chi connectivity index (χ1v) is 11.2. The molecule has 8 heteroatoms. The van der Waals surface area contributed by atoms with E-state index in [0.29, 0.717) is 17.4 Å². The zero-order valence-electron chi connectivity index (χ0n) is 18.2. The van der Waals surface area contributed by atoms with Gasteiger partial charge in [-0.2, -0.15) is 4.98 Å². The van der Waals surface area contributed by atoms with Gasteiger partial charge in [0.2, 0.25) is 5.95 Å². The molecule has 0 unspecified atom stereocenters. The first-order valence-electron chi connectivity index (χ1n) is 10.8. The van der Waals surface area contributed by atoms with Crippen molar-refractivity contribution < 1.29 is 9.18 Å². The molecule has 0 spiro atoms. The summed E-state index contributed by atoms with van der Waals surface area (Å²) in [5.41, 5.74) is 1.22. The van der Waals surface area contributed by atoms with Crippen LogP contribution in [0.25, 0.3) is 10.9 Å². The number of fused-ring (bicyclic) bond motifs is 1. The van der Waals surface area contributed by atoms with E-state index in [9.17, 15) is 9.18 Å². The number of rotatable bonds is 6. The molecule has 0 aliphatic heterocycles. The Hall–Kier alpha value is -2.93. The fourth-order valence-electron chi connectivity index (χ4n) is 4.16. The van der Waals surface area contributed by atoms with Crippen molar-refractivity contribution in [3.63, 3.8) is 0 Å². The molecule has 168 valence electrons. The van der Waals surface area contributed by atoms with Gasteiger partial charge in [0.15, 0.2) is 0 Å². The summed E-state index contributed by atoms with van der Waals surface area (Å²) in [6, 6.07) is 11.9. The molecule has 4 rings (SSSR count). The van der Waals surface area contributed by atoms with Crippen LogP contribution in [-0.4, -0.2) is 42.6 Å². The number of anilines is 2. The highest BCUT2D eigenvalue weighted by molar-refractivity contribution is 6.33. The molecule has 0 atom stereocenters. The van der Waals surface area contributed by atoms with Crippen LogP contribution in [-0.2, 0) is 0 Å². The average molecular weight is 456 g/mol. The van der Waals surface area contributed by atoms with E-state index < -0.39 is 5.82 Å². The lowest BCUT2D eigenvalue weighted by atomic mass is 9.86. The van der Waals surface area contributed by atoms with Crippen molar-refractivity contribution in [1.29, 1.82) is 0 Å². The van der Waals surface area contributed by atoms with Crippen molar-refractivity contribution in [2.75, 3.05) is 30.9 Å². The monoisotopic (exact) mass is 455 g/mol. The average Bonchev–Trinajstić information content (AvgIpc) is 2.77. The van der Waals surface area contributed by atoms with Crippen LogP contribution in [0.3, 0.4) is 0 Å². The maximum atomic E-state index is 13.2. The Balaban J connectivity index is 1.31. The first-order chi connectivity index (χ1) is 15.4. The second-order valence-corrected chi connectivity index (χ2v) is 8.89. The Morgan fingerprint density at radius 3 is 2.59 bits per heavy atom. The van der Waals surface area contributed by atoms with Crippen molar-refractivity contribution in [2.45, 2.75) is 31.7 Å². The zero-order chi connectivity index (χ0) is 22.7. The highest BCUT2D eigenvalue weighted by Crippen LogP contribution is 2.27. The molecular formula is C24H27ClFN5O. The molecule has 2 aromatic carbocycles. The van der Waals surface area contributed by atoms with Gasteiger partial charge in [-0.1, -0.05) is 23.7 Å². The Labute approximate surface area is 192 Å². The summed E-state index contributed by atoms with van der Waals surface area (Å²) < 4.78 is 13.2. The number of aromatic nitrogens is 2. The van der Waals surface area contributed by atoms with Crippen molar-refractivity contribution in [2.24, 2.45) is 5.92 Å². The Morgan fingerprint density at radius 2 is 1.88 bits per heavy atom. The van der Waals surface area contributed by atoms with Crippen molar-refractivity contribution in [3.8, 4) is 0 Å². The molecule has 6 nitrogen and oxygen atoms in total. The summed E-state index contributed by atoms with van der Waals surface area (Å²) in [5.74, 6) is 1.30. The number of hydrogen-bond donors (Lipinski definition) is 2. The van der Waals surface area contributed by atoms with Gasteiger partial charge in [0.05, 0.1) is 16.1 Å². The van der Waals surface area contributed by atoms with Crippen LogP contribution in [0.5, 0.6) is 0 Å². The molecule has 32 heavy (non-hydrogen) atoms. The number of amides is 1. The van der Waals surface area contributed by atoms with Gasteiger partial charge in [-0.3, -0.25) is 4.79 Å². The van der Waals surface area contributed by atoms with E-state index >= 15 is 0 Å². The molecule has 3 aromatic rings. The molecular weight excluding hydrogens is 429 g/mol. The van der Waals surface area contributed by atoms with Gasteiger partial charge < -0.3 is 15.5 Å². The summed E-state index contributed by atoms with van der Waals surface area (Å²) in [4.78, 5) is 23.8. The van der Waals surface area contributed by atoms with Crippen LogP contribution in [0.4, 0.5) is 16.2 Å². The van der Waals surface area contributed by atoms with Crippen LogP contribution >= 0.6 is 11.6 Å². The molecule has 1 amide bonds. The van der Waals surface area contributed by atoms with E-state index in [1.165, 1.54) is 12.1 Å². The van der Waals surface area contributed by atoms with Crippen LogP contribution in [0.15, 0.2) is 42.5 Å². The topological polar surface area (TPSA) is 70.2 Å². The number of nitrogens with zero attached hydrogens (tertiary/aromatic N) is 3. The van der Waals surface area contributed by atoms with Crippen molar-refractivity contribution >= 4 is 40.2 Å². The van der Waals surface area contributed by atoms with Gasteiger partial charge in [0.1, 0.15) is 11.6 Å². The third-order valence-electron chi connectivity index (χ3n) is 5.91. The molecule has 0 bridgehead atoms. The van der Waals surface area contributed by atoms with Crippen LogP contribution in [0, 0.1) is 11.7 Å². The van der Waals surface area contributed by atoms with E-state index in [2.05, 4.69) is 15.6 Å². The number of para-hydroxylation sites is 1. The van der Waals surface area contributed by atoms with Crippen molar-refractivity contribution in [1.82, 2.24) is 15.3 Å². The van der Waals surface area contributed by atoms with Crippen molar-refractivity contribution in [3.05, 3.63) is 58.9 Å². The predicted octanol–water partition coefficient (Wildman–Crippen LogP) is 4.89. The summed E-state index contributed by atoms with van der Waals surface area (Å²) in [7, 11) is 3.96. The third-order valence-corrected chi connectivity index (χ3v) is 6.23. The first kappa shape index (κ1) is 22.3. The molecule has 0 radical (unpaired) electrons. The Bertz CT molecular complexity index is 1110. The van der Waals surface area contributed by atoms with E-state index in [4.69, 9.17) is 16.6 Å². The molecule has 1 fully saturated rings. The highest BCUT2D eigenvalue weighted by atomic mass is 35.5. The molecule has 2 N–H and O–H groups in total. The van der Waals surface area contributed by atoms with Gasteiger partial charge in [-0.05, 0) is 61.9 Å². The van der Waals surface area contributed by atoms with Gasteiger partial charge in [0.25, 0.3) is 5.91 Å². The molecule has 1 heterocycles. The fraction of sp³-hybridized carbons (Fsp3) is 0.375. The van der Waals surface area contributed by atoms with Gasteiger partial charge in [0, 0.05) is 32.1 Å². The summed E-state index contributed by atoms with van der Waals surface area (Å²) in [6.07, 6.45) is 3.75. The smallest absolute Gasteiger partial charge is 0.253 e. The maximum absolute atomic E-state index is 13.2. The summed E-state index contributed by atoms with van der Waals surface area (Å²) in [5, 5.41) is 7.60. The minimum Gasteiger partial charge on any atom is -0.362 e. The summed E-state index contributed by atoms with van der Waals surface area (Å²) >= 11 is 6.01. The summed E-state index contributed by atoms with van der Waals surface area (Å²) in [6.45, 7) is 0.787. The normalized spacial score (nSPS) is 18.4. The van der Waals surface area contributed by atoms with E-state index in [0.717, 1.165) is 55.0 Å². The lowest BCUT2D eigenvalue weighted by Gasteiger charge is -2.29. The molecule has 0 saturated heterocycles. The minimum absolute atomic E-state index is 0.0946. The van der Waals surface area contributed by atoms with Gasteiger partial charge in [-0.25, -0.2) is 9.37 Å². The quantitative estimate of drug-likeness (QED) is 0.553. The number of nitrogens with one attached hydrogen (secondary N) is 2. The third kappa shape index (κ3) is 5.10.